The van der Waals surface area contributed by atoms with Gasteiger partial charge in [-0.15, -0.1) is 4.91 Å². The van der Waals surface area contributed by atoms with E-state index in [0.717, 1.165) is 25.0 Å². The van der Waals surface area contributed by atoms with E-state index in [4.69, 9.17) is 19.1 Å². The lowest BCUT2D eigenvalue weighted by Gasteiger charge is -2.31. The van der Waals surface area contributed by atoms with Crippen molar-refractivity contribution in [2.24, 2.45) is 11.1 Å². The van der Waals surface area contributed by atoms with Gasteiger partial charge in [0.1, 0.15) is 29.5 Å². The van der Waals surface area contributed by atoms with Crippen molar-refractivity contribution in [1.82, 2.24) is 21.0 Å². The van der Waals surface area contributed by atoms with E-state index in [1.54, 1.807) is 13.8 Å². The first-order valence-electron chi connectivity index (χ1n) is 17.8. The lowest BCUT2D eigenvalue weighted by atomic mass is 9.90. The molecule has 3 atom stereocenters. The molecule has 18 heteroatoms. The molecule has 0 radical (unpaired) electrons. The highest BCUT2D eigenvalue weighted by atomic mass is 16.7. The van der Waals surface area contributed by atoms with Gasteiger partial charge in [-0.25, -0.2) is 9.59 Å². The van der Waals surface area contributed by atoms with Gasteiger partial charge in [0.15, 0.2) is 5.76 Å². The summed E-state index contributed by atoms with van der Waals surface area (Å²) in [6.07, 6.45) is 3.24. The first-order chi connectivity index (χ1) is 27.0. The molecule has 3 unspecified atom stereocenters. The Kier molecular flexibility index (Phi) is 19.7. The van der Waals surface area contributed by atoms with Crippen molar-refractivity contribution in [3.05, 3.63) is 76.4 Å². The zero-order chi connectivity index (χ0) is 41.6. The molecule has 56 heavy (non-hydrogen) atoms. The Bertz CT molecular complexity index is 1790. The number of nitrogens with one attached hydrogen (secondary N) is 3. The molecule has 0 fully saturated rings. The van der Waals surface area contributed by atoms with Gasteiger partial charge in [-0.2, -0.15) is 5.06 Å². The van der Waals surface area contributed by atoms with Crippen LogP contribution in [0.2, 0.25) is 0 Å². The highest BCUT2D eigenvalue weighted by molar-refractivity contribution is 6.00. The molecule has 4 amide bonds. The fourth-order valence-electron chi connectivity index (χ4n) is 5.47. The standard InChI is InChI=1S/C37H43N5O12.CH4O/c1-4-7-8-9-26(29(5-2)42(22-44)54-37(50)23-10-13-25(41-51)14-11-23)33(45)38-21-39-35(47)31-17-16-30(53-31)24-12-15-27(32(20-24)52-6-3)34(46)40-28(18-19-43)36(48)49;1-2/h10-17,19-20,22,26,28-29H,4-9,18,21H2,1-3H3,(H,38,45)(H,39,47)(H,40,46)(H,48,49);2H,1H3. The average molecular weight is 782 g/mol. The third kappa shape index (κ3) is 13.2. The first kappa shape index (κ1) is 45.7. The lowest BCUT2D eigenvalue weighted by molar-refractivity contribution is -0.171. The topological polar surface area (TPSA) is 260 Å². The number of nitroso groups, excluding NO2 is 1. The first-order valence-corrected chi connectivity index (χ1v) is 17.8. The number of carbonyl (C=O) groups is 7. The van der Waals surface area contributed by atoms with Crippen LogP contribution < -0.4 is 20.7 Å². The third-order valence-electron chi connectivity index (χ3n) is 8.25. The second-order valence-electron chi connectivity index (χ2n) is 11.9. The highest BCUT2D eigenvalue weighted by Gasteiger charge is 2.34. The molecule has 0 aliphatic carbocycles. The van der Waals surface area contributed by atoms with E-state index in [-0.39, 0.29) is 53.8 Å². The number of rotatable bonds is 23. The summed E-state index contributed by atoms with van der Waals surface area (Å²) in [5.41, 5.74) is 0.627. The Labute approximate surface area is 322 Å². The molecule has 0 saturated heterocycles. The Balaban J connectivity index is 0.00000532. The van der Waals surface area contributed by atoms with Crippen molar-refractivity contribution >= 4 is 48.0 Å². The van der Waals surface area contributed by atoms with E-state index in [9.17, 15) is 43.6 Å². The predicted molar refractivity (Wildman–Crippen MR) is 200 cm³/mol. The number of carbonyl (C=O) groups excluding carboxylic acids is 6. The molecule has 0 saturated carbocycles. The van der Waals surface area contributed by atoms with E-state index in [1.807, 2.05) is 6.92 Å². The molecular weight excluding hydrogens is 734 g/mol. The van der Waals surface area contributed by atoms with Crippen LogP contribution >= 0.6 is 0 Å². The molecular formula is C38H47N5O13. The monoisotopic (exact) mass is 781 g/mol. The number of benzene rings is 2. The number of aliphatic hydroxyl groups is 1. The molecule has 1 aromatic heterocycles. The predicted octanol–water partition coefficient (Wildman–Crippen LogP) is 4.13. The summed E-state index contributed by atoms with van der Waals surface area (Å²) in [7, 11) is 1.00. The normalized spacial score (nSPS) is 11.9. The summed E-state index contributed by atoms with van der Waals surface area (Å²) in [5.74, 6) is -4.71. The molecule has 0 aliphatic heterocycles. The second-order valence-corrected chi connectivity index (χ2v) is 11.9. The van der Waals surface area contributed by atoms with Crippen LogP contribution in [0.25, 0.3) is 11.3 Å². The maximum absolute atomic E-state index is 13.5. The molecule has 0 aliphatic rings. The second kappa shape index (κ2) is 24.1. The van der Waals surface area contributed by atoms with Gasteiger partial charge in [-0.05, 0) is 73.5 Å². The molecule has 302 valence electrons. The van der Waals surface area contributed by atoms with Crippen molar-refractivity contribution in [3.63, 3.8) is 0 Å². The molecule has 3 aromatic rings. The van der Waals surface area contributed by atoms with Crippen molar-refractivity contribution in [2.45, 2.75) is 71.4 Å². The maximum Gasteiger partial charge on any atom is 0.363 e. The number of hydrogen-bond donors (Lipinski definition) is 5. The fraction of sp³-hybridized carbons (Fsp3) is 0.395. The van der Waals surface area contributed by atoms with E-state index in [1.165, 1.54) is 54.6 Å². The Morgan fingerprint density at radius 2 is 1.64 bits per heavy atom. The Morgan fingerprint density at radius 3 is 2.23 bits per heavy atom. The summed E-state index contributed by atoms with van der Waals surface area (Å²) < 4.78 is 11.3. The van der Waals surface area contributed by atoms with Gasteiger partial charge in [-0.3, -0.25) is 19.2 Å². The van der Waals surface area contributed by atoms with Crippen LogP contribution in [0.3, 0.4) is 0 Å². The van der Waals surface area contributed by atoms with Gasteiger partial charge in [-0.1, -0.05) is 39.2 Å². The average Bonchev–Trinajstić information content (AvgIpc) is 3.71. The quantitative estimate of drug-likeness (QED) is 0.0298. The van der Waals surface area contributed by atoms with Crippen molar-refractivity contribution in [1.29, 1.82) is 0 Å². The number of nitrogens with zero attached hydrogens (tertiary/aromatic N) is 2. The zero-order valence-corrected chi connectivity index (χ0v) is 31.5. The van der Waals surface area contributed by atoms with Gasteiger partial charge in [0.25, 0.3) is 11.8 Å². The van der Waals surface area contributed by atoms with Gasteiger partial charge >= 0.3 is 11.9 Å². The summed E-state index contributed by atoms with van der Waals surface area (Å²) >= 11 is 0. The molecule has 5 N–H and O–H groups in total. The number of aliphatic carboxylic acids is 1. The maximum atomic E-state index is 13.5. The number of unbranched alkanes of at least 4 members (excludes halogenated alkanes) is 2. The number of carboxylic acids is 1. The molecule has 1 heterocycles. The lowest BCUT2D eigenvalue weighted by Crippen LogP contribution is -2.49. The van der Waals surface area contributed by atoms with Crippen LogP contribution in [0.15, 0.2) is 64.2 Å². The Hall–Kier alpha value is -6.43. The van der Waals surface area contributed by atoms with Gasteiger partial charge in [0.05, 0.1) is 36.4 Å². The number of carboxylic acid groups (broad SMARTS) is 1. The molecule has 2 aromatic carbocycles. The van der Waals surface area contributed by atoms with E-state index in [0.29, 0.717) is 31.1 Å². The fourth-order valence-corrected chi connectivity index (χ4v) is 5.47. The van der Waals surface area contributed by atoms with E-state index in [2.05, 4.69) is 21.1 Å². The summed E-state index contributed by atoms with van der Waals surface area (Å²) in [6.45, 7) is 5.29. The van der Waals surface area contributed by atoms with Crippen LogP contribution in [0.5, 0.6) is 5.75 Å². The van der Waals surface area contributed by atoms with Crippen LogP contribution in [0, 0.1) is 10.8 Å². The summed E-state index contributed by atoms with van der Waals surface area (Å²) in [5, 5.41) is 27.4. The summed E-state index contributed by atoms with van der Waals surface area (Å²) in [4.78, 5) is 102. The number of furan rings is 1. The van der Waals surface area contributed by atoms with Gasteiger partial charge < -0.3 is 44.9 Å². The minimum absolute atomic E-state index is 0.0221. The molecule has 0 spiro atoms. The van der Waals surface area contributed by atoms with Crippen LogP contribution in [-0.2, 0) is 24.0 Å². The third-order valence-corrected chi connectivity index (χ3v) is 8.25. The molecule has 0 bridgehead atoms. The Morgan fingerprint density at radius 1 is 0.929 bits per heavy atom. The van der Waals surface area contributed by atoms with Crippen LogP contribution in [0.4, 0.5) is 5.69 Å². The number of aliphatic hydroxyl groups excluding tert-OH is 1. The number of amides is 4. The number of aldehydes is 1. The highest BCUT2D eigenvalue weighted by Crippen LogP contribution is 2.29. The summed E-state index contributed by atoms with van der Waals surface area (Å²) in [6, 6.07) is 10.4. The number of ether oxygens (including phenoxy) is 1. The minimum Gasteiger partial charge on any atom is -0.493 e. The van der Waals surface area contributed by atoms with E-state index >= 15 is 0 Å². The smallest absolute Gasteiger partial charge is 0.363 e. The number of hydrogen-bond acceptors (Lipinski definition) is 13. The SMILES string of the molecule is CCCCCC(C(=O)NCNC(=O)c1ccc(-c2ccc(C(=O)NC(CC=O)C(=O)O)c(OCC)c2)o1)C(CC)N(C=O)OC(=O)c1ccc(N=O)cc1.CO. The van der Waals surface area contributed by atoms with Gasteiger partial charge in [0.2, 0.25) is 12.3 Å². The number of hydroxylamine groups is 2. The van der Waals surface area contributed by atoms with E-state index < -0.39 is 54.1 Å². The van der Waals surface area contributed by atoms with Gasteiger partial charge in [0, 0.05) is 19.1 Å². The van der Waals surface area contributed by atoms with Crippen LogP contribution in [-0.4, -0.2) is 90.1 Å². The molecule has 3 rings (SSSR count). The molecule has 18 nitrogen and oxygen atoms in total. The minimum atomic E-state index is -1.42. The van der Waals surface area contributed by atoms with Crippen molar-refractivity contribution in [3.8, 4) is 17.1 Å². The van der Waals surface area contributed by atoms with Crippen molar-refractivity contribution in [2.75, 3.05) is 20.4 Å². The zero-order valence-electron chi connectivity index (χ0n) is 31.5. The van der Waals surface area contributed by atoms with Crippen LogP contribution in [0.1, 0.15) is 90.6 Å². The van der Waals surface area contributed by atoms with Crippen molar-refractivity contribution < 1.29 is 57.8 Å². The largest absolute Gasteiger partial charge is 0.493 e.